The highest BCUT2D eigenvalue weighted by molar-refractivity contribution is 6.13. The number of esters is 1. The minimum Gasteiger partial charge on any atom is -0.464 e. The molecule has 3 heteroatoms. The van der Waals surface area contributed by atoms with Crippen molar-refractivity contribution >= 4 is 17.8 Å². The number of hydrogen-bond donors (Lipinski definition) is 0. The molecule has 3 aromatic rings. The monoisotopic (exact) mass is 397 g/mol. The van der Waals surface area contributed by atoms with Crippen molar-refractivity contribution in [2.75, 3.05) is 6.61 Å². The van der Waals surface area contributed by atoms with Crippen molar-refractivity contribution in [3.8, 4) is 0 Å². The average Bonchev–Trinajstić information content (AvgIpc) is 2.80. The molecule has 0 N–H and O–H groups in total. The van der Waals surface area contributed by atoms with Gasteiger partial charge in [-0.05, 0) is 12.5 Å². The Hall–Kier alpha value is -3.46. The fourth-order valence-corrected chi connectivity index (χ4v) is 3.19. The van der Waals surface area contributed by atoms with Crippen molar-refractivity contribution in [3.05, 3.63) is 114 Å². The van der Waals surface area contributed by atoms with Crippen molar-refractivity contribution in [2.45, 2.75) is 19.9 Å². The van der Waals surface area contributed by atoms with Crippen LogP contribution in [-0.4, -0.2) is 24.3 Å². The van der Waals surface area contributed by atoms with E-state index in [1.807, 2.05) is 117 Å². The van der Waals surface area contributed by atoms with E-state index in [2.05, 4.69) is 0 Å². The number of carbonyl (C=O) groups is 1. The van der Waals surface area contributed by atoms with E-state index < -0.39 is 6.04 Å². The molecule has 0 saturated heterocycles. The van der Waals surface area contributed by atoms with Crippen LogP contribution in [-0.2, 0) is 9.53 Å². The van der Waals surface area contributed by atoms with Crippen LogP contribution in [0.1, 0.15) is 30.5 Å². The Morgan fingerprint density at radius 3 is 1.87 bits per heavy atom. The molecular weight excluding hydrogens is 370 g/mol. The summed E-state index contributed by atoms with van der Waals surface area (Å²) in [6.07, 6.45) is 4.05. The van der Waals surface area contributed by atoms with E-state index in [1.54, 1.807) is 0 Å². The third-order valence-electron chi connectivity index (χ3n) is 4.78. The maximum atomic E-state index is 12.8. The summed E-state index contributed by atoms with van der Waals surface area (Å²) in [7, 11) is 0. The van der Waals surface area contributed by atoms with Crippen LogP contribution in [0, 0.1) is 5.92 Å². The SMILES string of the molecule is CCOC(=O)[C@H](N=C(c1ccccc1)c1ccccc1)[C@H](C)/C=C/c1ccccc1. The molecule has 0 amide bonds. The third kappa shape index (κ3) is 5.77. The Bertz CT molecular complexity index is 938. The van der Waals surface area contributed by atoms with Crippen molar-refractivity contribution < 1.29 is 9.53 Å². The molecule has 0 aliphatic heterocycles. The Morgan fingerprint density at radius 1 is 0.867 bits per heavy atom. The van der Waals surface area contributed by atoms with Crippen molar-refractivity contribution in [1.82, 2.24) is 0 Å². The molecule has 0 fully saturated rings. The molecule has 3 nitrogen and oxygen atoms in total. The highest BCUT2D eigenvalue weighted by Gasteiger charge is 2.25. The van der Waals surface area contributed by atoms with Gasteiger partial charge in [-0.15, -0.1) is 0 Å². The molecule has 2 atom stereocenters. The molecular formula is C27H27NO2. The maximum absolute atomic E-state index is 12.8. The van der Waals surface area contributed by atoms with E-state index in [0.717, 1.165) is 22.4 Å². The van der Waals surface area contributed by atoms with Gasteiger partial charge in [-0.1, -0.05) is 110 Å². The fraction of sp³-hybridized carbons (Fsp3) is 0.185. The predicted octanol–water partition coefficient (Wildman–Crippen LogP) is 5.81. The molecule has 0 radical (unpaired) electrons. The van der Waals surface area contributed by atoms with Gasteiger partial charge in [0.2, 0.25) is 0 Å². The van der Waals surface area contributed by atoms with Crippen molar-refractivity contribution in [3.63, 3.8) is 0 Å². The van der Waals surface area contributed by atoms with E-state index in [1.165, 1.54) is 0 Å². The summed E-state index contributed by atoms with van der Waals surface area (Å²) in [6, 6.07) is 29.3. The Kier molecular flexibility index (Phi) is 7.73. The normalized spacial score (nSPS) is 12.9. The zero-order valence-corrected chi connectivity index (χ0v) is 17.4. The van der Waals surface area contributed by atoms with E-state index >= 15 is 0 Å². The molecule has 0 aromatic heterocycles. The average molecular weight is 398 g/mol. The first-order chi connectivity index (χ1) is 14.7. The number of benzene rings is 3. The quantitative estimate of drug-likeness (QED) is 0.356. The molecule has 0 saturated carbocycles. The number of nitrogens with zero attached hydrogens (tertiary/aromatic N) is 1. The third-order valence-corrected chi connectivity index (χ3v) is 4.78. The lowest BCUT2D eigenvalue weighted by molar-refractivity contribution is -0.145. The van der Waals surface area contributed by atoms with Gasteiger partial charge in [-0.25, -0.2) is 4.79 Å². The number of carbonyl (C=O) groups excluding carboxylic acids is 1. The largest absolute Gasteiger partial charge is 0.464 e. The van der Waals surface area contributed by atoms with Gasteiger partial charge < -0.3 is 4.74 Å². The number of rotatable bonds is 8. The van der Waals surface area contributed by atoms with E-state index in [4.69, 9.17) is 9.73 Å². The van der Waals surface area contributed by atoms with Gasteiger partial charge in [0.1, 0.15) is 0 Å². The molecule has 0 spiro atoms. The molecule has 0 unspecified atom stereocenters. The molecule has 0 bridgehead atoms. The van der Waals surface area contributed by atoms with Crippen molar-refractivity contribution in [2.24, 2.45) is 10.9 Å². The van der Waals surface area contributed by atoms with Gasteiger partial charge in [-0.2, -0.15) is 0 Å². The fourth-order valence-electron chi connectivity index (χ4n) is 3.19. The molecule has 0 aliphatic carbocycles. The molecule has 0 aliphatic rings. The van der Waals surface area contributed by atoms with Gasteiger partial charge in [0, 0.05) is 17.0 Å². The van der Waals surface area contributed by atoms with E-state index in [9.17, 15) is 4.79 Å². The lowest BCUT2D eigenvalue weighted by Gasteiger charge is -2.19. The summed E-state index contributed by atoms with van der Waals surface area (Å²) in [5, 5.41) is 0. The lowest BCUT2D eigenvalue weighted by atomic mass is 9.98. The minimum atomic E-state index is -0.639. The summed E-state index contributed by atoms with van der Waals surface area (Å²) in [6.45, 7) is 4.14. The summed E-state index contributed by atoms with van der Waals surface area (Å²) in [5.74, 6) is -0.446. The summed E-state index contributed by atoms with van der Waals surface area (Å²) < 4.78 is 5.37. The highest BCUT2D eigenvalue weighted by Crippen LogP contribution is 2.19. The first-order valence-corrected chi connectivity index (χ1v) is 10.3. The van der Waals surface area contributed by atoms with Gasteiger partial charge in [0.15, 0.2) is 6.04 Å². The zero-order valence-electron chi connectivity index (χ0n) is 17.4. The van der Waals surface area contributed by atoms with Gasteiger partial charge in [-0.3, -0.25) is 4.99 Å². The standard InChI is InChI=1S/C27H27NO2/c1-3-30-27(29)25(21(2)19-20-22-13-7-4-8-14-22)28-26(23-15-9-5-10-16-23)24-17-11-6-12-18-24/h4-21,25H,3H2,1-2H3/b20-19+/t21-,25-/m1/s1. The van der Waals surface area contributed by atoms with Gasteiger partial charge in [0.25, 0.3) is 0 Å². The second-order valence-electron chi connectivity index (χ2n) is 7.04. The smallest absolute Gasteiger partial charge is 0.331 e. The van der Waals surface area contributed by atoms with Crippen LogP contribution < -0.4 is 0 Å². The maximum Gasteiger partial charge on any atom is 0.331 e. The summed E-state index contributed by atoms with van der Waals surface area (Å²) >= 11 is 0. The summed E-state index contributed by atoms with van der Waals surface area (Å²) in [5.41, 5.74) is 3.81. The van der Waals surface area contributed by atoms with Crippen LogP contribution in [0.4, 0.5) is 0 Å². The van der Waals surface area contributed by atoms with Crippen LogP contribution >= 0.6 is 0 Å². The Balaban J connectivity index is 2.00. The number of ether oxygens (including phenoxy) is 1. The Morgan fingerprint density at radius 2 is 1.37 bits per heavy atom. The first kappa shape index (κ1) is 21.3. The van der Waals surface area contributed by atoms with Gasteiger partial charge in [0.05, 0.1) is 12.3 Å². The van der Waals surface area contributed by atoms with Crippen LogP contribution in [0.15, 0.2) is 102 Å². The van der Waals surface area contributed by atoms with Crippen LogP contribution in [0.2, 0.25) is 0 Å². The van der Waals surface area contributed by atoms with Gasteiger partial charge >= 0.3 is 5.97 Å². The highest BCUT2D eigenvalue weighted by atomic mass is 16.5. The van der Waals surface area contributed by atoms with Crippen LogP contribution in [0.5, 0.6) is 0 Å². The topological polar surface area (TPSA) is 38.7 Å². The number of hydrogen-bond acceptors (Lipinski definition) is 3. The first-order valence-electron chi connectivity index (χ1n) is 10.3. The van der Waals surface area contributed by atoms with E-state index in [0.29, 0.717) is 6.61 Å². The summed E-state index contributed by atoms with van der Waals surface area (Å²) in [4.78, 5) is 17.8. The van der Waals surface area contributed by atoms with E-state index in [-0.39, 0.29) is 11.9 Å². The Labute approximate surface area is 178 Å². The van der Waals surface area contributed by atoms with Crippen molar-refractivity contribution in [1.29, 1.82) is 0 Å². The molecule has 3 aromatic carbocycles. The predicted molar refractivity (Wildman–Crippen MR) is 124 cm³/mol. The van der Waals surface area contributed by atoms with Crippen LogP contribution in [0.25, 0.3) is 6.08 Å². The van der Waals surface area contributed by atoms with Crippen LogP contribution in [0.3, 0.4) is 0 Å². The second-order valence-corrected chi connectivity index (χ2v) is 7.04. The molecule has 152 valence electrons. The zero-order chi connectivity index (χ0) is 21.2. The molecule has 0 heterocycles. The number of aliphatic imine (C=N–C) groups is 1. The molecule has 30 heavy (non-hydrogen) atoms. The lowest BCUT2D eigenvalue weighted by Crippen LogP contribution is -2.29. The molecule has 3 rings (SSSR count). The second kappa shape index (κ2) is 10.9. The minimum absolute atomic E-state index is 0.133.